The van der Waals surface area contributed by atoms with Gasteiger partial charge in [-0.05, 0) is 37.3 Å². The van der Waals surface area contributed by atoms with Crippen LogP contribution in [0.3, 0.4) is 0 Å². The summed E-state index contributed by atoms with van der Waals surface area (Å²) in [6.45, 7) is 0.732. The molecule has 7 heteroatoms. The van der Waals surface area contributed by atoms with Crippen molar-refractivity contribution in [2.24, 2.45) is 5.92 Å². The number of aliphatic hydroxyl groups excluding tert-OH is 1. The molecule has 1 aromatic heterocycles. The van der Waals surface area contributed by atoms with Crippen molar-refractivity contribution in [2.45, 2.75) is 24.3 Å². The van der Waals surface area contributed by atoms with E-state index in [-0.39, 0.29) is 12.5 Å². The first-order valence-corrected chi connectivity index (χ1v) is 7.71. The number of hydrogen-bond donors (Lipinski definition) is 1. The highest BCUT2D eigenvalue weighted by molar-refractivity contribution is 7.89. The quantitative estimate of drug-likeness (QED) is 0.897. The number of rotatable bonds is 4. The van der Waals surface area contributed by atoms with E-state index in [0.717, 1.165) is 18.9 Å². The van der Waals surface area contributed by atoms with Gasteiger partial charge in [-0.1, -0.05) is 0 Å². The van der Waals surface area contributed by atoms with Crippen molar-refractivity contribution in [1.29, 1.82) is 0 Å². The summed E-state index contributed by atoms with van der Waals surface area (Å²) in [6, 6.07) is 2.45. The predicted molar refractivity (Wildman–Crippen MR) is 67.4 cm³/mol. The zero-order valence-electron chi connectivity index (χ0n) is 10.5. The van der Waals surface area contributed by atoms with Gasteiger partial charge >= 0.3 is 0 Å². The number of aromatic nitrogens is 1. The molecule has 1 saturated heterocycles. The normalized spacial score (nSPS) is 21.5. The Bertz CT molecular complexity index is 534. The number of halogens is 1. The number of aliphatic hydroxyl groups is 1. The molecule has 1 aromatic rings. The first kappa shape index (κ1) is 14.4. The van der Waals surface area contributed by atoms with Crippen LogP contribution in [-0.2, 0) is 10.0 Å². The van der Waals surface area contributed by atoms with Crippen LogP contribution in [-0.4, -0.2) is 42.5 Å². The average Bonchev–Trinajstić information content (AvgIpc) is 2.40. The molecule has 0 aliphatic carbocycles. The molecule has 5 nitrogen and oxygen atoms in total. The highest BCUT2D eigenvalue weighted by Gasteiger charge is 2.32. The van der Waals surface area contributed by atoms with Gasteiger partial charge in [-0.2, -0.15) is 4.31 Å². The number of pyridine rings is 1. The second kappa shape index (κ2) is 5.94. The van der Waals surface area contributed by atoms with E-state index in [1.807, 2.05) is 0 Å². The number of sulfonamides is 1. The first-order valence-electron chi connectivity index (χ1n) is 6.27. The molecule has 1 unspecified atom stereocenters. The minimum atomic E-state index is -3.88. The molecule has 0 amide bonds. The van der Waals surface area contributed by atoms with Crippen molar-refractivity contribution in [3.63, 3.8) is 0 Å². The molecule has 1 aliphatic rings. The maximum absolute atomic E-state index is 13.6. The lowest BCUT2D eigenvalue weighted by Gasteiger charge is -2.31. The van der Waals surface area contributed by atoms with Crippen molar-refractivity contribution in [2.75, 3.05) is 19.7 Å². The third-order valence-corrected chi connectivity index (χ3v) is 5.13. The highest BCUT2D eigenvalue weighted by Crippen LogP contribution is 2.25. The SMILES string of the molecule is O=S(=O)(c1ncccc1F)N1CCCC(CCO)C1. The van der Waals surface area contributed by atoms with E-state index in [9.17, 15) is 12.8 Å². The molecule has 0 saturated carbocycles. The zero-order chi connectivity index (χ0) is 13.9. The Balaban J connectivity index is 2.22. The zero-order valence-corrected chi connectivity index (χ0v) is 11.3. The van der Waals surface area contributed by atoms with E-state index < -0.39 is 20.9 Å². The lowest BCUT2D eigenvalue weighted by Crippen LogP contribution is -2.40. The fourth-order valence-corrected chi connectivity index (χ4v) is 3.88. The molecule has 0 bridgehead atoms. The van der Waals surface area contributed by atoms with Crippen LogP contribution in [0.5, 0.6) is 0 Å². The van der Waals surface area contributed by atoms with E-state index in [2.05, 4.69) is 4.98 Å². The van der Waals surface area contributed by atoms with Crippen LogP contribution in [0.15, 0.2) is 23.4 Å². The smallest absolute Gasteiger partial charge is 0.263 e. The summed E-state index contributed by atoms with van der Waals surface area (Å²) in [7, 11) is -3.88. The number of piperidine rings is 1. The summed E-state index contributed by atoms with van der Waals surface area (Å²) in [5.41, 5.74) is 0. The van der Waals surface area contributed by atoms with E-state index in [1.54, 1.807) is 0 Å². The largest absolute Gasteiger partial charge is 0.396 e. The van der Waals surface area contributed by atoms with Gasteiger partial charge in [-0.25, -0.2) is 17.8 Å². The standard InChI is InChI=1S/C12H17FN2O3S/c13-11-4-1-6-14-12(11)19(17,18)15-7-2-3-10(9-15)5-8-16/h1,4,6,10,16H,2-3,5,7-9H2. The van der Waals surface area contributed by atoms with Crippen LogP contribution in [0, 0.1) is 11.7 Å². The summed E-state index contributed by atoms with van der Waals surface area (Å²) in [5, 5.41) is 8.41. The third-order valence-electron chi connectivity index (χ3n) is 3.33. The Morgan fingerprint density at radius 1 is 1.53 bits per heavy atom. The maximum Gasteiger partial charge on any atom is 0.263 e. The van der Waals surface area contributed by atoms with Gasteiger partial charge in [0.2, 0.25) is 5.03 Å². The van der Waals surface area contributed by atoms with Crippen molar-refractivity contribution in [1.82, 2.24) is 9.29 Å². The van der Waals surface area contributed by atoms with Gasteiger partial charge in [0.1, 0.15) is 0 Å². The molecular formula is C12H17FN2O3S. The van der Waals surface area contributed by atoms with Crippen molar-refractivity contribution < 1.29 is 17.9 Å². The lowest BCUT2D eigenvalue weighted by atomic mass is 9.97. The summed E-state index contributed by atoms with van der Waals surface area (Å²) < 4.78 is 39.5. The Hall–Kier alpha value is -1.05. The Kier molecular flexibility index (Phi) is 4.49. The average molecular weight is 288 g/mol. The van der Waals surface area contributed by atoms with Crippen LogP contribution in [0.25, 0.3) is 0 Å². The van der Waals surface area contributed by atoms with E-state index >= 15 is 0 Å². The predicted octanol–water partition coefficient (Wildman–Crippen LogP) is 1.00. The monoisotopic (exact) mass is 288 g/mol. The van der Waals surface area contributed by atoms with Crippen molar-refractivity contribution in [3.05, 3.63) is 24.1 Å². The molecule has 1 fully saturated rings. The molecule has 1 aliphatic heterocycles. The van der Waals surface area contributed by atoms with Crippen molar-refractivity contribution >= 4 is 10.0 Å². The minimum absolute atomic E-state index is 0.0382. The van der Waals surface area contributed by atoms with Crippen LogP contribution in [0.4, 0.5) is 4.39 Å². The Labute approximate surface area is 112 Å². The molecular weight excluding hydrogens is 271 g/mol. The fourth-order valence-electron chi connectivity index (χ4n) is 2.35. The van der Waals surface area contributed by atoms with Gasteiger partial charge in [-0.3, -0.25) is 0 Å². The summed E-state index contributed by atoms with van der Waals surface area (Å²) in [5.74, 6) is -0.702. The molecule has 1 atom stereocenters. The molecule has 2 rings (SSSR count). The molecule has 1 N–H and O–H groups in total. The van der Waals surface area contributed by atoms with E-state index in [1.165, 1.54) is 16.6 Å². The summed E-state index contributed by atoms with van der Waals surface area (Å²) in [4.78, 5) is 3.64. The second-order valence-corrected chi connectivity index (χ2v) is 6.53. The highest BCUT2D eigenvalue weighted by atomic mass is 32.2. The Morgan fingerprint density at radius 3 is 3.00 bits per heavy atom. The Morgan fingerprint density at radius 2 is 2.32 bits per heavy atom. The molecule has 0 spiro atoms. The van der Waals surface area contributed by atoms with Gasteiger partial charge in [0.25, 0.3) is 10.0 Å². The van der Waals surface area contributed by atoms with Gasteiger partial charge in [0, 0.05) is 25.9 Å². The number of nitrogens with zero attached hydrogens (tertiary/aromatic N) is 2. The summed E-state index contributed by atoms with van der Waals surface area (Å²) in [6.07, 6.45) is 3.44. The maximum atomic E-state index is 13.6. The number of hydrogen-bond acceptors (Lipinski definition) is 4. The molecule has 106 valence electrons. The lowest BCUT2D eigenvalue weighted by molar-refractivity contribution is 0.202. The van der Waals surface area contributed by atoms with E-state index in [4.69, 9.17) is 5.11 Å². The van der Waals surface area contributed by atoms with Crippen LogP contribution < -0.4 is 0 Å². The van der Waals surface area contributed by atoms with Crippen LogP contribution in [0.2, 0.25) is 0 Å². The van der Waals surface area contributed by atoms with Crippen LogP contribution in [0.1, 0.15) is 19.3 Å². The molecule has 19 heavy (non-hydrogen) atoms. The topological polar surface area (TPSA) is 70.5 Å². The minimum Gasteiger partial charge on any atom is -0.396 e. The summed E-state index contributed by atoms with van der Waals surface area (Å²) >= 11 is 0. The third kappa shape index (κ3) is 3.10. The van der Waals surface area contributed by atoms with Gasteiger partial charge in [-0.15, -0.1) is 0 Å². The first-order chi connectivity index (χ1) is 9.05. The van der Waals surface area contributed by atoms with E-state index in [0.29, 0.717) is 19.5 Å². The van der Waals surface area contributed by atoms with Crippen LogP contribution >= 0.6 is 0 Å². The molecule has 0 radical (unpaired) electrons. The fraction of sp³-hybridized carbons (Fsp3) is 0.583. The molecule has 2 heterocycles. The van der Waals surface area contributed by atoms with Crippen molar-refractivity contribution in [3.8, 4) is 0 Å². The van der Waals surface area contributed by atoms with Gasteiger partial charge in [0.15, 0.2) is 5.82 Å². The molecule has 0 aromatic carbocycles. The second-order valence-electron chi connectivity index (χ2n) is 4.67. The van der Waals surface area contributed by atoms with Gasteiger partial charge in [0.05, 0.1) is 0 Å². The van der Waals surface area contributed by atoms with Gasteiger partial charge < -0.3 is 5.11 Å².